The zero-order chi connectivity index (χ0) is 28.0. The molecule has 6 nitrogen and oxygen atoms in total. The number of nitrogens with one attached hydrogen (secondary N) is 1. The van der Waals surface area contributed by atoms with Gasteiger partial charge in [0.05, 0.1) is 13.0 Å². The molecule has 0 aromatic heterocycles. The SMILES string of the molecule is CC(C)(C)CSCCC(=O)NCCCN.CC(C)(C)CSCCC(=O)O.CC(C)(C)CSCCO. The minimum atomic E-state index is -0.702. The Hall–Kier alpha value is -0.0900. The van der Waals surface area contributed by atoms with E-state index in [0.29, 0.717) is 42.4 Å². The van der Waals surface area contributed by atoms with Crippen molar-refractivity contribution in [2.24, 2.45) is 22.0 Å². The molecule has 5 N–H and O–H groups in total. The Kier molecular flexibility index (Phi) is 26.0. The lowest BCUT2D eigenvalue weighted by atomic mass is 10.0. The van der Waals surface area contributed by atoms with Crippen molar-refractivity contribution in [2.75, 3.05) is 54.2 Å². The van der Waals surface area contributed by atoms with Gasteiger partial charge in [-0.2, -0.15) is 35.3 Å². The third-order valence-electron chi connectivity index (χ3n) is 3.48. The second-order valence-corrected chi connectivity index (χ2v) is 15.3. The van der Waals surface area contributed by atoms with Crippen LogP contribution in [0.15, 0.2) is 0 Å². The van der Waals surface area contributed by atoms with Crippen molar-refractivity contribution in [2.45, 2.75) is 81.6 Å². The highest BCUT2D eigenvalue weighted by Crippen LogP contribution is 2.21. The number of hydrogen-bond acceptors (Lipinski definition) is 7. The smallest absolute Gasteiger partial charge is 0.304 e. The number of hydrogen-bond donors (Lipinski definition) is 4. The van der Waals surface area contributed by atoms with Gasteiger partial charge in [0, 0.05) is 30.2 Å². The molecule has 0 aliphatic carbocycles. The highest BCUT2D eigenvalue weighted by atomic mass is 32.2. The molecule has 212 valence electrons. The Morgan fingerprint density at radius 2 is 1.14 bits per heavy atom. The maximum Gasteiger partial charge on any atom is 0.304 e. The Bertz CT molecular complexity index is 514. The van der Waals surface area contributed by atoms with Gasteiger partial charge in [-0.1, -0.05) is 62.3 Å². The number of thioether (sulfide) groups is 3. The van der Waals surface area contributed by atoms with Crippen LogP contribution in [0.1, 0.15) is 81.6 Å². The molecule has 1 amide bonds. The molecule has 9 heteroatoms. The molecule has 0 unspecified atom stereocenters. The number of aliphatic carboxylic acids is 1. The van der Waals surface area contributed by atoms with E-state index in [1.165, 1.54) is 0 Å². The van der Waals surface area contributed by atoms with Crippen LogP contribution in [0.5, 0.6) is 0 Å². The van der Waals surface area contributed by atoms with Gasteiger partial charge in [0.2, 0.25) is 5.91 Å². The molecule has 0 atom stereocenters. The molecular weight excluding hydrogens is 500 g/mol. The predicted octanol–water partition coefficient (Wildman–Crippen LogP) is 5.62. The number of carbonyl (C=O) groups is 2. The first-order valence-corrected chi connectivity index (χ1v) is 15.9. The largest absolute Gasteiger partial charge is 0.481 e. The maximum absolute atomic E-state index is 11.3. The van der Waals surface area contributed by atoms with E-state index in [-0.39, 0.29) is 12.3 Å². The summed E-state index contributed by atoms with van der Waals surface area (Å²) in [5, 5.41) is 19.6. The summed E-state index contributed by atoms with van der Waals surface area (Å²) in [7, 11) is 0. The summed E-state index contributed by atoms with van der Waals surface area (Å²) in [5.74, 6) is 5.21. The van der Waals surface area contributed by atoms with Crippen LogP contribution in [0, 0.1) is 16.2 Å². The quantitative estimate of drug-likeness (QED) is 0.204. The third-order valence-corrected chi connectivity index (χ3v) is 8.14. The van der Waals surface area contributed by atoms with Crippen molar-refractivity contribution >= 4 is 47.2 Å². The van der Waals surface area contributed by atoms with Gasteiger partial charge in [0.25, 0.3) is 0 Å². The summed E-state index contributed by atoms with van der Waals surface area (Å²) < 4.78 is 0. The van der Waals surface area contributed by atoms with Crippen molar-refractivity contribution in [3.8, 4) is 0 Å². The predicted molar refractivity (Wildman–Crippen MR) is 161 cm³/mol. The van der Waals surface area contributed by atoms with Crippen LogP contribution in [0.3, 0.4) is 0 Å². The van der Waals surface area contributed by atoms with Crippen LogP contribution in [0.2, 0.25) is 0 Å². The molecule has 0 saturated heterocycles. The first kappa shape index (κ1) is 39.4. The molecule has 0 spiro atoms. The molecule has 0 saturated carbocycles. The molecule has 0 rings (SSSR count). The average molecular weight is 557 g/mol. The number of amides is 1. The van der Waals surface area contributed by atoms with Gasteiger partial charge in [-0.3, -0.25) is 9.59 Å². The zero-order valence-electron chi connectivity index (χ0n) is 24.0. The molecule has 0 aromatic carbocycles. The summed E-state index contributed by atoms with van der Waals surface area (Å²) in [6.07, 6.45) is 1.76. The summed E-state index contributed by atoms with van der Waals surface area (Å²) in [6.45, 7) is 21.4. The number of nitrogens with two attached hydrogens (primary N) is 1. The summed E-state index contributed by atoms with van der Waals surface area (Å²) in [5.41, 5.74) is 6.39. The number of carbonyl (C=O) groups excluding carboxylic acids is 1. The molecule has 35 heavy (non-hydrogen) atoms. The van der Waals surface area contributed by atoms with Gasteiger partial charge in [0.15, 0.2) is 0 Å². The minimum absolute atomic E-state index is 0.143. The first-order valence-electron chi connectivity index (χ1n) is 12.5. The van der Waals surface area contributed by atoms with Crippen molar-refractivity contribution in [3.63, 3.8) is 0 Å². The van der Waals surface area contributed by atoms with Gasteiger partial charge < -0.3 is 21.3 Å². The second kappa shape index (κ2) is 23.1. The van der Waals surface area contributed by atoms with E-state index in [9.17, 15) is 9.59 Å². The second-order valence-electron chi connectivity index (χ2n) is 11.9. The summed E-state index contributed by atoms with van der Waals surface area (Å²) in [4.78, 5) is 21.4. The Morgan fingerprint density at radius 3 is 1.49 bits per heavy atom. The molecule has 0 aliphatic heterocycles. The highest BCUT2D eigenvalue weighted by Gasteiger charge is 2.11. The van der Waals surface area contributed by atoms with E-state index in [4.69, 9.17) is 15.9 Å². The molecule has 0 heterocycles. The standard InChI is InChI=1S/C11H24N2OS.C8H16O2S.C7H16OS/c1-11(2,3)9-15-8-5-10(14)13-7-4-6-12;1-8(2,3)6-11-5-4-7(9)10;1-7(2,3)6-9-5-4-8/h4-9,12H2,1-3H3,(H,13,14);4-6H2,1-3H3,(H,9,10);8H,4-6H2,1-3H3. The van der Waals surface area contributed by atoms with Crippen LogP contribution in [0.25, 0.3) is 0 Å². The molecular formula is C26H56N2O4S3. The van der Waals surface area contributed by atoms with Crippen molar-refractivity contribution in [1.82, 2.24) is 5.32 Å². The van der Waals surface area contributed by atoms with Gasteiger partial charge in [0.1, 0.15) is 0 Å². The van der Waals surface area contributed by atoms with E-state index in [1.807, 2.05) is 23.5 Å². The Morgan fingerprint density at radius 1 is 0.743 bits per heavy atom. The van der Waals surface area contributed by atoms with E-state index < -0.39 is 5.97 Å². The van der Waals surface area contributed by atoms with Crippen LogP contribution in [-0.4, -0.2) is 76.3 Å². The fourth-order valence-electron chi connectivity index (χ4n) is 1.94. The van der Waals surface area contributed by atoms with Gasteiger partial charge >= 0.3 is 5.97 Å². The van der Waals surface area contributed by atoms with E-state index >= 15 is 0 Å². The van der Waals surface area contributed by atoms with Crippen molar-refractivity contribution < 1.29 is 19.8 Å². The highest BCUT2D eigenvalue weighted by molar-refractivity contribution is 7.99. The molecule has 0 radical (unpaired) electrons. The number of aliphatic hydroxyl groups excluding tert-OH is 1. The molecule has 0 bridgehead atoms. The van der Waals surface area contributed by atoms with Gasteiger partial charge in [-0.05, 0) is 46.5 Å². The van der Waals surface area contributed by atoms with Crippen LogP contribution < -0.4 is 11.1 Å². The number of aliphatic hydroxyl groups is 1. The van der Waals surface area contributed by atoms with Crippen LogP contribution in [0.4, 0.5) is 0 Å². The Balaban J connectivity index is -0.000000456. The fourth-order valence-corrected chi connectivity index (χ4v) is 4.99. The van der Waals surface area contributed by atoms with Crippen molar-refractivity contribution in [1.29, 1.82) is 0 Å². The summed E-state index contributed by atoms with van der Waals surface area (Å²) >= 11 is 5.36. The Labute approximate surface area is 229 Å². The molecule has 0 aliphatic rings. The third kappa shape index (κ3) is 47.7. The zero-order valence-corrected chi connectivity index (χ0v) is 26.4. The van der Waals surface area contributed by atoms with Crippen LogP contribution in [-0.2, 0) is 9.59 Å². The topological polar surface area (TPSA) is 113 Å². The first-order chi connectivity index (χ1) is 15.9. The van der Waals surface area contributed by atoms with Crippen molar-refractivity contribution in [3.05, 3.63) is 0 Å². The number of carboxylic acids is 1. The van der Waals surface area contributed by atoms with E-state index in [2.05, 4.69) is 67.6 Å². The number of carboxylic acid groups (broad SMARTS) is 1. The minimum Gasteiger partial charge on any atom is -0.481 e. The van der Waals surface area contributed by atoms with Gasteiger partial charge in [-0.25, -0.2) is 0 Å². The monoisotopic (exact) mass is 556 g/mol. The van der Waals surface area contributed by atoms with E-state index in [1.54, 1.807) is 11.8 Å². The van der Waals surface area contributed by atoms with Crippen LogP contribution >= 0.6 is 35.3 Å². The number of rotatable bonds is 14. The van der Waals surface area contributed by atoms with E-state index in [0.717, 1.165) is 40.9 Å². The molecule has 0 aromatic rings. The fraction of sp³-hybridized carbons (Fsp3) is 0.923. The lowest BCUT2D eigenvalue weighted by Gasteiger charge is -2.16. The average Bonchev–Trinajstić information content (AvgIpc) is 2.68. The molecule has 0 fully saturated rings. The van der Waals surface area contributed by atoms with Gasteiger partial charge in [-0.15, -0.1) is 0 Å². The lowest BCUT2D eigenvalue weighted by molar-refractivity contribution is -0.136. The maximum atomic E-state index is 11.3. The lowest BCUT2D eigenvalue weighted by Crippen LogP contribution is -2.26. The summed E-state index contributed by atoms with van der Waals surface area (Å²) in [6, 6.07) is 0. The normalized spacial score (nSPS) is 11.6.